The Morgan fingerprint density at radius 1 is 1.21 bits per heavy atom. The van der Waals surface area contributed by atoms with Crippen molar-refractivity contribution >= 4 is 0 Å². The van der Waals surface area contributed by atoms with Crippen LogP contribution in [0.25, 0.3) is 0 Å². The lowest BCUT2D eigenvalue weighted by Crippen LogP contribution is -2.44. The standard InChI is InChI=1S/C16H25N3/c1-17-12-16(9-5-10-16)15-18-11-8-14(19-15)13-6-3-2-4-7-13/h8,11,13,17H,2-7,9-10,12H2,1H3. The molecule has 2 saturated carbocycles. The first kappa shape index (κ1) is 13.0. The maximum atomic E-state index is 4.96. The molecule has 0 atom stereocenters. The van der Waals surface area contributed by atoms with Gasteiger partial charge in [-0.1, -0.05) is 25.7 Å². The van der Waals surface area contributed by atoms with Gasteiger partial charge in [0.05, 0.1) is 0 Å². The van der Waals surface area contributed by atoms with E-state index in [0.29, 0.717) is 5.92 Å². The third kappa shape index (κ3) is 2.53. The van der Waals surface area contributed by atoms with Crippen LogP contribution in [0.3, 0.4) is 0 Å². The van der Waals surface area contributed by atoms with Gasteiger partial charge in [-0.3, -0.25) is 0 Å². The fraction of sp³-hybridized carbons (Fsp3) is 0.750. The maximum absolute atomic E-state index is 4.96. The minimum atomic E-state index is 0.222. The monoisotopic (exact) mass is 259 g/mol. The van der Waals surface area contributed by atoms with Crippen LogP contribution in [0, 0.1) is 0 Å². The number of hydrogen-bond acceptors (Lipinski definition) is 3. The molecule has 0 spiro atoms. The van der Waals surface area contributed by atoms with Gasteiger partial charge in [-0.2, -0.15) is 0 Å². The summed E-state index contributed by atoms with van der Waals surface area (Å²) >= 11 is 0. The highest BCUT2D eigenvalue weighted by molar-refractivity contribution is 5.18. The largest absolute Gasteiger partial charge is 0.319 e. The first-order valence-electron chi connectivity index (χ1n) is 7.82. The van der Waals surface area contributed by atoms with Gasteiger partial charge in [0.2, 0.25) is 0 Å². The third-order valence-corrected chi connectivity index (χ3v) is 5.00. The minimum absolute atomic E-state index is 0.222. The summed E-state index contributed by atoms with van der Waals surface area (Å²) in [6.45, 7) is 1.01. The van der Waals surface area contributed by atoms with Gasteiger partial charge in [0.1, 0.15) is 5.82 Å². The van der Waals surface area contributed by atoms with Crippen molar-refractivity contribution in [2.45, 2.75) is 62.7 Å². The molecular weight excluding hydrogens is 234 g/mol. The van der Waals surface area contributed by atoms with Crippen LogP contribution < -0.4 is 5.32 Å². The van der Waals surface area contributed by atoms with E-state index in [0.717, 1.165) is 12.4 Å². The second-order valence-electron chi connectivity index (χ2n) is 6.30. The molecule has 0 bridgehead atoms. The zero-order valence-electron chi connectivity index (χ0n) is 12.0. The van der Waals surface area contributed by atoms with Crippen molar-refractivity contribution in [2.24, 2.45) is 0 Å². The summed E-state index contributed by atoms with van der Waals surface area (Å²) in [6.07, 6.45) is 12.5. The number of nitrogens with one attached hydrogen (secondary N) is 1. The SMILES string of the molecule is CNCC1(c2nccc(C3CCCCC3)n2)CCC1. The van der Waals surface area contributed by atoms with E-state index in [-0.39, 0.29) is 5.41 Å². The predicted octanol–water partition coefficient (Wildman–Crippen LogP) is 3.17. The van der Waals surface area contributed by atoms with Crippen molar-refractivity contribution < 1.29 is 0 Å². The van der Waals surface area contributed by atoms with Gasteiger partial charge in [-0.15, -0.1) is 0 Å². The molecule has 1 heterocycles. The Balaban J connectivity index is 1.82. The van der Waals surface area contributed by atoms with E-state index in [4.69, 9.17) is 4.98 Å². The maximum Gasteiger partial charge on any atom is 0.135 e. The van der Waals surface area contributed by atoms with Crippen molar-refractivity contribution in [1.82, 2.24) is 15.3 Å². The Bertz CT molecular complexity index is 420. The van der Waals surface area contributed by atoms with Crippen LogP contribution >= 0.6 is 0 Å². The number of rotatable bonds is 4. The van der Waals surface area contributed by atoms with Crippen LogP contribution in [0.2, 0.25) is 0 Å². The Morgan fingerprint density at radius 2 is 2.00 bits per heavy atom. The zero-order chi connectivity index (χ0) is 13.1. The lowest BCUT2D eigenvalue weighted by atomic mass is 9.68. The summed E-state index contributed by atoms with van der Waals surface area (Å²) in [4.78, 5) is 9.55. The summed E-state index contributed by atoms with van der Waals surface area (Å²) < 4.78 is 0. The molecule has 1 aromatic heterocycles. The molecule has 0 saturated heterocycles. The van der Waals surface area contributed by atoms with Crippen LogP contribution in [0.4, 0.5) is 0 Å². The van der Waals surface area contributed by atoms with Gasteiger partial charge in [0.25, 0.3) is 0 Å². The van der Waals surface area contributed by atoms with Crippen molar-refractivity contribution in [3.8, 4) is 0 Å². The smallest absolute Gasteiger partial charge is 0.135 e. The molecule has 2 aliphatic rings. The highest BCUT2D eigenvalue weighted by Gasteiger charge is 2.41. The summed E-state index contributed by atoms with van der Waals surface area (Å²) in [5, 5.41) is 3.33. The van der Waals surface area contributed by atoms with E-state index in [9.17, 15) is 0 Å². The van der Waals surface area contributed by atoms with Gasteiger partial charge in [-0.05, 0) is 38.8 Å². The quantitative estimate of drug-likeness (QED) is 0.902. The van der Waals surface area contributed by atoms with E-state index in [1.807, 2.05) is 13.2 Å². The number of hydrogen-bond donors (Lipinski definition) is 1. The highest BCUT2D eigenvalue weighted by Crippen LogP contribution is 2.42. The fourth-order valence-electron chi connectivity index (χ4n) is 3.68. The molecule has 104 valence electrons. The molecule has 0 unspecified atom stereocenters. The Morgan fingerprint density at radius 3 is 2.63 bits per heavy atom. The Labute approximate surface area is 116 Å². The van der Waals surface area contributed by atoms with E-state index in [1.54, 1.807) is 0 Å². The van der Waals surface area contributed by atoms with E-state index in [1.165, 1.54) is 57.1 Å². The van der Waals surface area contributed by atoms with E-state index < -0.39 is 0 Å². The topological polar surface area (TPSA) is 37.8 Å². The normalized spacial score (nSPS) is 23.0. The average Bonchev–Trinajstić information content (AvgIpc) is 2.44. The number of nitrogens with zero attached hydrogens (tertiary/aromatic N) is 2. The second kappa shape index (κ2) is 5.58. The number of likely N-dealkylation sites (N-methyl/N-ethyl adjacent to an activating group) is 1. The third-order valence-electron chi connectivity index (χ3n) is 5.00. The fourth-order valence-corrected chi connectivity index (χ4v) is 3.68. The first-order chi connectivity index (χ1) is 9.34. The first-order valence-corrected chi connectivity index (χ1v) is 7.82. The molecule has 0 radical (unpaired) electrons. The number of aromatic nitrogens is 2. The molecule has 1 N–H and O–H groups in total. The summed E-state index contributed by atoms with van der Waals surface area (Å²) in [5.74, 6) is 1.78. The molecule has 0 aliphatic heterocycles. The molecule has 1 aromatic rings. The summed E-state index contributed by atoms with van der Waals surface area (Å²) in [5.41, 5.74) is 1.52. The Hall–Kier alpha value is -0.960. The minimum Gasteiger partial charge on any atom is -0.319 e. The van der Waals surface area contributed by atoms with Gasteiger partial charge in [0, 0.05) is 29.8 Å². The molecule has 0 amide bonds. The molecule has 3 rings (SSSR count). The molecule has 3 heteroatoms. The van der Waals surface area contributed by atoms with Crippen LogP contribution in [0.15, 0.2) is 12.3 Å². The highest BCUT2D eigenvalue weighted by atomic mass is 14.9. The van der Waals surface area contributed by atoms with Gasteiger partial charge >= 0.3 is 0 Å². The molecule has 0 aromatic carbocycles. The summed E-state index contributed by atoms with van der Waals surface area (Å²) in [6, 6.07) is 2.14. The van der Waals surface area contributed by atoms with Gasteiger partial charge < -0.3 is 5.32 Å². The molecule has 2 aliphatic carbocycles. The van der Waals surface area contributed by atoms with Crippen molar-refractivity contribution in [1.29, 1.82) is 0 Å². The predicted molar refractivity (Wildman–Crippen MR) is 77.3 cm³/mol. The van der Waals surface area contributed by atoms with E-state index >= 15 is 0 Å². The zero-order valence-corrected chi connectivity index (χ0v) is 12.0. The summed E-state index contributed by atoms with van der Waals surface area (Å²) in [7, 11) is 2.03. The second-order valence-corrected chi connectivity index (χ2v) is 6.30. The van der Waals surface area contributed by atoms with E-state index in [2.05, 4.69) is 16.4 Å². The van der Waals surface area contributed by atoms with Crippen LogP contribution in [0.1, 0.15) is 68.8 Å². The van der Waals surface area contributed by atoms with Crippen LogP contribution in [0.5, 0.6) is 0 Å². The molecule has 3 nitrogen and oxygen atoms in total. The average molecular weight is 259 g/mol. The Kier molecular flexibility index (Phi) is 3.83. The van der Waals surface area contributed by atoms with Crippen molar-refractivity contribution in [3.05, 3.63) is 23.8 Å². The molecule has 19 heavy (non-hydrogen) atoms. The molecular formula is C16H25N3. The van der Waals surface area contributed by atoms with Crippen molar-refractivity contribution in [2.75, 3.05) is 13.6 Å². The van der Waals surface area contributed by atoms with Gasteiger partial charge in [0.15, 0.2) is 0 Å². The van der Waals surface area contributed by atoms with Crippen LogP contribution in [-0.4, -0.2) is 23.6 Å². The molecule has 2 fully saturated rings. The lowest BCUT2D eigenvalue weighted by molar-refractivity contribution is 0.223. The van der Waals surface area contributed by atoms with Crippen molar-refractivity contribution in [3.63, 3.8) is 0 Å². The lowest BCUT2D eigenvalue weighted by Gasteiger charge is -2.40. The van der Waals surface area contributed by atoms with Crippen LogP contribution in [-0.2, 0) is 5.41 Å². The van der Waals surface area contributed by atoms with Gasteiger partial charge in [-0.25, -0.2) is 9.97 Å².